The van der Waals surface area contributed by atoms with Gasteiger partial charge in [0.05, 0.1) is 11.9 Å². The lowest BCUT2D eigenvalue weighted by atomic mass is 10.1. The van der Waals surface area contributed by atoms with Crippen LogP contribution in [-0.2, 0) is 6.42 Å². The summed E-state index contributed by atoms with van der Waals surface area (Å²) in [7, 11) is 0. The molecule has 0 radical (unpaired) electrons. The molecule has 0 aliphatic rings. The molecule has 1 amide bonds. The van der Waals surface area contributed by atoms with Crippen LogP contribution in [0.3, 0.4) is 0 Å². The first-order valence-electron chi connectivity index (χ1n) is 8.01. The molecule has 0 saturated carbocycles. The van der Waals surface area contributed by atoms with Crippen molar-refractivity contribution in [2.45, 2.75) is 6.42 Å². The Bertz CT molecular complexity index is 818. The third-order valence-corrected chi connectivity index (χ3v) is 3.92. The van der Waals surface area contributed by atoms with Crippen LogP contribution in [0.2, 0.25) is 5.02 Å². The maximum atomic E-state index is 12.1. The van der Waals surface area contributed by atoms with E-state index >= 15 is 0 Å². The minimum absolute atomic E-state index is 0.180. The molecule has 25 heavy (non-hydrogen) atoms. The van der Waals surface area contributed by atoms with Crippen LogP contribution in [-0.4, -0.2) is 17.4 Å². The molecule has 2 aromatic carbocycles. The molecule has 4 nitrogen and oxygen atoms in total. The number of hydrogen-bond donors (Lipinski definition) is 2. The number of hydrogen-bond acceptors (Lipinski definition) is 3. The topological polar surface area (TPSA) is 54.0 Å². The van der Waals surface area contributed by atoms with Crippen LogP contribution in [0.1, 0.15) is 16.1 Å². The zero-order chi connectivity index (χ0) is 17.5. The molecule has 0 bridgehead atoms. The molecular formula is C20H18ClN3O. The van der Waals surface area contributed by atoms with Gasteiger partial charge in [0.15, 0.2) is 0 Å². The van der Waals surface area contributed by atoms with E-state index in [1.54, 1.807) is 12.3 Å². The maximum absolute atomic E-state index is 12.1. The van der Waals surface area contributed by atoms with Gasteiger partial charge in [0.2, 0.25) is 0 Å². The number of nitrogens with one attached hydrogen (secondary N) is 2. The van der Waals surface area contributed by atoms with Crippen molar-refractivity contribution in [2.75, 3.05) is 11.9 Å². The van der Waals surface area contributed by atoms with E-state index in [9.17, 15) is 4.79 Å². The van der Waals surface area contributed by atoms with Gasteiger partial charge in [0.1, 0.15) is 5.69 Å². The van der Waals surface area contributed by atoms with Crippen LogP contribution in [0.4, 0.5) is 11.4 Å². The standard InChI is InChI=1S/C20H18ClN3O/c21-16-8-6-15(7-9-16)12-13-22-20(25)19-11-10-18(14-23-19)24-17-4-2-1-3-5-17/h1-11,14,24H,12-13H2,(H,22,25). The third-order valence-electron chi connectivity index (χ3n) is 3.67. The Morgan fingerprint density at radius 1 is 0.920 bits per heavy atom. The zero-order valence-corrected chi connectivity index (χ0v) is 14.3. The van der Waals surface area contributed by atoms with Crippen molar-refractivity contribution in [2.24, 2.45) is 0 Å². The highest BCUT2D eigenvalue weighted by Gasteiger charge is 2.06. The van der Waals surface area contributed by atoms with E-state index in [1.807, 2.05) is 60.7 Å². The summed E-state index contributed by atoms with van der Waals surface area (Å²) in [5, 5.41) is 6.82. The Balaban J connectivity index is 1.51. The van der Waals surface area contributed by atoms with E-state index in [0.717, 1.165) is 23.4 Å². The Kier molecular flexibility index (Phi) is 5.65. The van der Waals surface area contributed by atoms with Gasteiger partial charge in [-0.25, -0.2) is 4.98 Å². The molecule has 1 aromatic heterocycles. The van der Waals surface area contributed by atoms with E-state index in [0.29, 0.717) is 17.3 Å². The van der Waals surface area contributed by atoms with Crippen molar-refractivity contribution < 1.29 is 4.79 Å². The average Bonchev–Trinajstić information content (AvgIpc) is 2.65. The Morgan fingerprint density at radius 3 is 2.36 bits per heavy atom. The molecule has 5 heteroatoms. The largest absolute Gasteiger partial charge is 0.354 e. The lowest BCUT2D eigenvalue weighted by Gasteiger charge is -2.08. The summed E-state index contributed by atoms with van der Waals surface area (Å²) >= 11 is 5.86. The number of pyridine rings is 1. The highest BCUT2D eigenvalue weighted by molar-refractivity contribution is 6.30. The number of benzene rings is 2. The summed E-state index contributed by atoms with van der Waals surface area (Å²) in [5.41, 5.74) is 3.34. The number of rotatable bonds is 6. The fourth-order valence-corrected chi connectivity index (χ4v) is 2.48. The zero-order valence-electron chi connectivity index (χ0n) is 13.6. The molecule has 0 saturated heterocycles. The second-order valence-electron chi connectivity index (χ2n) is 5.56. The van der Waals surface area contributed by atoms with Gasteiger partial charge < -0.3 is 10.6 Å². The van der Waals surface area contributed by atoms with Gasteiger partial charge in [-0.05, 0) is 48.4 Å². The van der Waals surface area contributed by atoms with E-state index < -0.39 is 0 Å². The van der Waals surface area contributed by atoms with E-state index in [4.69, 9.17) is 11.6 Å². The molecule has 126 valence electrons. The summed E-state index contributed by atoms with van der Waals surface area (Å²) in [4.78, 5) is 16.4. The summed E-state index contributed by atoms with van der Waals surface area (Å²) in [6, 6.07) is 21.0. The lowest BCUT2D eigenvalue weighted by Crippen LogP contribution is -2.26. The van der Waals surface area contributed by atoms with Crippen LogP contribution in [0.25, 0.3) is 0 Å². The van der Waals surface area contributed by atoms with Gasteiger partial charge >= 0.3 is 0 Å². The minimum atomic E-state index is -0.180. The van der Waals surface area contributed by atoms with Gasteiger partial charge in [0.25, 0.3) is 5.91 Å². The van der Waals surface area contributed by atoms with E-state index in [1.165, 1.54) is 0 Å². The molecule has 1 heterocycles. The minimum Gasteiger partial charge on any atom is -0.354 e. The summed E-state index contributed by atoms with van der Waals surface area (Å²) in [5.74, 6) is -0.180. The predicted molar refractivity (Wildman–Crippen MR) is 101 cm³/mol. The van der Waals surface area contributed by atoms with Crippen molar-refractivity contribution >= 4 is 28.9 Å². The molecule has 0 aliphatic heterocycles. The normalized spacial score (nSPS) is 10.3. The molecule has 0 spiro atoms. The highest BCUT2D eigenvalue weighted by Crippen LogP contribution is 2.15. The molecule has 0 atom stereocenters. The number of aromatic nitrogens is 1. The summed E-state index contributed by atoms with van der Waals surface area (Å²) in [6.45, 7) is 0.548. The van der Waals surface area contributed by atoms with Crippen molar-refractivity contribution in [3.63, 3.8) is 0 Å². The van der Waals surface area contributed by atoms with Crippen LogP contribution in [0.15, 0.2) is 72.9 Å². The number of anilines is 2. The molecule has 0 fully saturated rings. The van der Waals surface area contributed by atoms with Crippen molar-refractivity contribution in [1.29, 1.82) is 0 Å². The predicted octanol–water partition coefficient (Wildman–Crippen LogP) is 4.45. The SMILES string of the molecule is O=C(NCCc1ccc(Cl)cc1)c1ccc(Nc2ccccc2)cn1. The second-order valence-corrected chi connectivity index (χ2v) is 5.99. The Labute approximate surface area is 151 Å². The Morgan fingerprint density at radius 2 is 1.68 bits per heavy atom. The van der Waals surface area contributed by atoms with Gasteiger partial charge in [-0.3, -0.25) is 4.79 Å². The summed E-state index contributed by atoms with van der Waals surface area (Å²) in [6.07, 6.45) is 2.40. The molecular weight excluding hydrogens is 334 g/mol. The second kappa shape index (κ2) is 8.31. The van der Waals surface area contributed by atoms with Crippen LogP contribution in [0, 0.1) is 0 Å². The maximum Gasteiger partial charge on any atom is 0.269 e. The van der Waals surface area contributed by atoms with E-state index in [2.05, 4.69) is 15.6 Å². The number of halogens is 1. The van der Waals surface area contributed by atoms with E-state index in [-0.39, 0.29) is 5.91 Å². The Hall–Kier alpha value is -2.85. The fourth-order valence-electron chi connectivity index (χ4n) is 2.35. The number of para-hydroxylation sites is 1. The fraction of sp³-hybridized carbons (Fsp3) is 0.100. The number of amides is 1. The van der Waals surface area contributed by atoms with Gasteiger partial charge in [0, 0.05) is 17.3 Å². The van der Waals surface area contributed by atoms with Gasteiger partial charge in [-0.1, -0.05) is 41.9 Å². The van der Waals surface area contributed by atoms with Crippen LogP contribution < -0.4 is 10.6 Å². The van der Waals surface area contributed by atoms with Crippen molar-refractivity contribution in [3.05, 3.63) is 89.2 Å². The monoisotopic (exact) mass is 351 g/mol. The number of nitrogens with zero attached hydrogens (tertiary/aromatic N) is 1. The average molecular weight is 352 g/mol. The van der Waals surface area contributed by atoms with Crippen molar-refractivity contribution in [1.82, 2.24) is 10.3 Å². The molecule has 0 aliphatic carbocycles. The molecule has 2 N–H and O–H groups in total. The summed E-state index contributed by atoms with van der Waals surface area (Å²) < 4.78 is 0. The number of carbonyl (C=O) groups excluding carboxylic acids is 1. The first kappa shape index (κ1) is 17.0. The third kappa shape index (κ3) is 5.06. The molecule has 3 rings (SSSR count). The van der Waals surface area contributed by atoms with Crippen LogP contribution in [0.5, 0.6) is 0 Å². The van der Waals surface area contributed by atoms with Crippen molar-refractivity contribution in [3.8, 4) is 0 Å². The number of carbonyl (C=O) groups is 1. The van der Waals surface area contributed by atoms with Crippen LogP contribution >= 0.6 is 11.6 Å². The van der Waals surface area contributed by atoms with Gasteiger partial charge in [-0.2, -0.15) is 0 Å². The first-order chi connectivity index (χ1) is 12.2. The highest BCUT2D eigenvalue weighted by atomic mass is 35.5. The molecule has 0 unspecified atom stereocenters. The smallest absolute Gasteiger partial charge is 0.269 e. The lowest BCUT2D eigenvalue weighted by molar-refractivity contribution is 0.0949. The first-order valence-corrected chi connectivity index (χ1v) is 8.39. The molecule has 3 aromatic rings. The quantitative estimate of drug-likeness (QED) is 0.689. The van der Waals surface area contributed by atoms with Gasteiger partial charge in [-0.15, -0.1) is 0 Å².